The molecular formula is C17H15BrClN3S. The molecule has 0 atom stereocenters. The highest BCUT2D eigenvalue weighted by molar-refractivity contribution is 9.10. The van der Waals surface area contributed by atoms with Crippen LogP contribution in [-0.2, 0) is 6.42 Å². The molecule has 0 bridgehead atoms. The predicted octanol–water partition coefficient (Wildman–Crippen LogP) is 5.76. The number of benzene rings is 1. The van der Waals surface area contributed by atoms with E-state index in [0.29, 0.717) is 0 Å². The van der Waals surface area contributed by atoms with Crippen LogP contribution < -0.4 is 5.32 Å². The van der Waals surface area contributed by atoms with Gasteiger partial charge in [0, 0.05) is 16.6 Å². The van der Waals surface area contributed by atoms with Crippen molar-refractivity contribution in [2.45, 2.75) is 19.3 Å². The van der Waals surface area contributed by atoms with Crippen LogP contribution in [0.1, 0.15) is 18.4 Å². The molecule has 118 valence electrons. The monoisotopic (exact) mass is 407 g/mol. The lowest BCUT2D eigenvalue weighted by Gasteiger charge is -2.09. The highest BCUT2D eigenvalue weighted by atomic mass is 79.9. The zero-order valence-corrected chi connectivity index (χ0v) is 15.5. The summed E-state index contributed by atoms with van der Waals surface area (Å²) in [6.07, 6.45) is 3.40. The van der Waals surface area contributed by atoms with Crippen molar-refractivity contribution in [3.63, 3.8) is 0 Å². The SMILES string of the molecule is Clc1ccc(-c2nn(-c3cccc(Br)c3)c3c2CCCCN3)s1. The van der Waals surface area contributed by atoms with Crippen LogP contribution in [0, 0.1) is 0 Å². The van der Waals surface area contributed by atoms with Crippen molar-refractivity contribution >= 4 is 44.7 Å². The molecule has 6 heteroatoms. The lowest BCUT2D eigenvalue weighted by atomic mass is 10.1. The first kappa shape index (κ1) is 15.2. The molecular weight excluding hydrogens is 394 g/mol. The third-order valence-corrected chi connectivity index (χ3v) is 5.72. The van der Waals surface area contributed by atoms with Gasteiger partial charge in [0.1, 0.15) is 11.5 Å². The number of thiophene rings is 1. The molecule has 0 fully saturated rings. The van der Waals surface area contributed by atoms with E-state index in [-0.39, 0.29) is 0 Å². The predicted molar refractivity (Wildman–Crippen MR) is 101 cm³/mol. The summed E-state index contributed by atoms with van der Waals surface area (Å²) in [4.78, 5) is 1.13. The molecule has 1 aliphatic heterocycles. The summed E-state index contributed by atoms with van der Waals surface area (Å²) < 4.78 is 3.87. The third-order valence-electron chi connectivity index (χ3n) is 3.99. The van der Waals surface area contributed by atoms with Gasteiger partial charge >= 0.3 is 0 Å². The second-order valence-electron chi connectivity index (χ2n) is 5.56. The molecule has 0 saturated heterocycles. The van der Waals surface area contributed by atoms with E-state index < -0.39 is 0 Å². The zero-order chi connectivity index (χ0) is 15.8. The Morgan fingerprint density at radius 2 is 2.13 bits per heavy atom. The lowest BCUT2D eigenvalue weighted by Crippen LogP contribution is -2.07. The summed E-state index contributed by atoms with van der Waals surface area (Å²) in [5.74, 6) is 1.11. The fourth-order valence-electron chi connectivity index (χ4n) is 2.94. The number of anilines is 1. The van der Waals surface area contributed by atoms with E-state index >= 15 is 0 Å². The molecule has 0 spiro atoms. The maximum absolute atomic E-state index is 6.13. The summed E-state index contributed by atoms with van der Waals surface area (Å²) in [5, 5.41) is 8.48. The second-order valence-corrected chi connectivity index (χ2v) is 8.19. The number of fused-ring (bicyclic) bond motifs is 1. The van der Waals surface area contributed by atoms with Gasteiger partial charge < -0.3 is 5.32 Å². The van der Waals surface area contributed by atoms with Crippen molar-refractivity contribution in [2.75, 3.05) is 11.9 Å². The zero-order valence-electron chi connectivity index (χ0n) is 12.4. The van der Waals surface area contributed by atoms with Crippen molar-refractivity contribution < 1.29 is 0 Å². The Balaban J connectivity index is 1.91. The van der Waals surface area contributed by atoms with Gasteiger partial charge in [-0.15, -0.1) is 11.3 Å². The number of hydrogen-bond acceptors (Lipinski definition) is 3. The van der Waals surface area contributed by atoms with E-state index in [4.69, 9.17) is 16.7 Å². The molecule has 1 aromatic carbocycles. The second kappa shape index (κ2) is 6.30. The molecule has 0 aliphatic carbocycles. The van der Waals surface area contributed by atoms with E-state index in [9.17, 15) is 0 Å². The minimum Gasteiger partial charge on any atom is -0.370 e. The van der Waals surface area contributed by atoms with Crippen molar-refractivity contribution in [2.24, 2.45) is 0 Å². The standard InChI is InChI=1S/C17H15BrClN3S/c18-11-4-3-5-12(10-11)22-17-13(6-1-2-9-20-17)16(21-22)14-7-8-15(19)23-14/h3-5,7-8,10,20H,1-2,6,9H2. The Labute approximate surface area is 152 Å². The lowest BCUT2D eigenvalue weighted by molar-refractivity contribution is 0.780. The normalized spacial score (nSPS) is 14.2. The third kappa shape index (κ3) is 2.93. The minimum atomic E-state index is 0.798. The van der Waals surface area contributed by atoms with E-state index in [1.165, 1.54) is 18.4 Å². The number of halogens is 2. The highest BCUT2D eigenvalue weighted by Crippen LogP contribution is 2.38. The Morgan fingerprint density at radius 3 is 2.91 bits per heavy atom. The topological polar surface area (TPSA) is 29.9 Å². The molecule has 1 aliphatic rings. The van der Waals surface area contributed by atoms with Crippen molar-refractivity contribution in [3.05, 3.63) is 50.8 Å². The van der Waals surface area contributed by atoms with Crippen LogP contribution in [0.3, 0.4) is 0 Å². The van der Waals surface area contributed by atoms with Crippen molar-refractivity contribution in [3.8, 4) is 16.3 Å². The number of nitrogens with zero attached hydrogens (tertiary/aromatic N) is 2. The number of nitrogens with one attached hydrogen (secondary N) is 1. The maximum atomic E-state index is 6.13. The largest absolute Gasteiger partial charge is 0.370 e. The first-order valence-corrected chi connectivity index (χ1v) is 9.58. The molecule has 0 saturated carbocycles. The van der Waals surface area contributed by atoms with Gasteiger partial charge in [-0.2, -0.15) is 5.10 Å². The molecule has 1 N–H and O–H groups in total. The molecule has 0 amide bonds. The van der Waals surface area contributed by atoms with Gasteiger partial charge in [0.25, 0.3) is 0 Å². The fourth-order valence-corrected chi connectivity index (χ4v) is 4.38. The van der Waals surface area contributed by atoms with Gasteiger partial charge in [-0.05, 0) is 49.6 Å². The highest BCUT2D eigenvalue weighted by Gasteiger charge is 2.22. The van der Waals surface area contributed by atoms with Crippen molar-refractivity contribution in [1.29, 1.82) is 0 Å². The molecule has 3 aromatic rings. The summed E-state index contributed by atoms with van der Waals surface area (Å²) in [5.41, 5.74) is 3.39. The number of rotatable bonds is 2. The molecule has 3 nitrogen and oxygen atoms in total. The Morgan fingerprint density at radius 1 is 1.22 bits per heavy atom. The smallest absolute Gasteiger partial charge is 0.133 e. The van der Waals surface area contributed by atoms with Gasteiger partial charge in [-0.3, -0.25) is 0 Å². The molecule has 0 radical (unpaired) electrons. The Bertz CT molecular complexity index is 855. The van der Waals surface area contributed by atoms with E-state index in [0.717, 1.165) is 43.9 Å². The minimum absolute atomic E-state index is 0.798. The van der Waals surface area contributed by atoms with Crippen LogP contribution >= 0.6 is 38.9 Å². The van der Waals surface area contributed by atoms with E-state index in [1.54, 1.807) is 11.3 Å². The summed E-state index contributed by atoms with van der Waals surface area (Å²) in [6, 6.07) is 12.2. The quantitative estimate of drug-likeness (QED) is 0.584. The Kier molecular flexibility index (Phi) is 4.18. The first-order chi connectivity index (χ1) is 11.2. The molecule has 0 unspecified atom stereocenters. The average molecular weight is 409 g/mol. The van der Waals surface area contributed by atoms with Gasteiger partial charge in [-0.25, -0.2) is 4.68 Å². The van der Waals surface area contributed by atoms with E-state index in [2.05, 4.69) is 39.4 Å². The van der Waals surface area contributed by atoms with Crippen LogP contribution in [0.25, 0.3) is 16.3 Å². The summed E-state index contributed by atoms with van der Waals surface area (Å²) in [7, 11) is 0. The Hall–Kier alpha value is -1.30. The summed E-state index contributed by atoms with van der Waals surface area (Å²) in [6.45, 7) is 0.983. The molecule has 3 heterocycles. The number of hydrogen-bond donors (Lipinski definition) is 1. The number of aromatic nitrogens is 2. The van der Waals surface area contributed by atoms with Gasteiger partial charge in [-0.1, -0.05) is 33.6 Å². The van der Waals surface area contributed by atoms with Crippen molar-refractivity contribution in [1.82, 2.24) is 9.78 Å². The molecule has 2 aromatic heterocycles. The van der Waals surface area contributed by atoms with Crippen LogP contribution in [0.5, 0.6) is 0 Å². The fraction of sp³-hybridized carbons (Fsp3) is 0.235. The van der Waals surface area contributed by atoms with Gasteiger partial charge in [0.2, 0.25) is 0 Å². The van der Waals surface area contributed by atoms with Crippen LogP contribution in [0.4, 0.5) is 5.82 Å². The van der Waals surface area contributed by atoms with Crippen LogP contribution in [0.15, 0.2) is 40.9 Å². The average Bonchev–Trinajstić information content (AvgIpc) is 3.03. The maximum Gasteiger partial charge on any atom is 0.133 e. The molecule has 4 rings (SSSR count). The van der Waals surface area contributed by atoms with Gasteiger partial charge in [0.15, 0.2) is 0 Å². The first-order valence-electron chi connectivity index (χ1n) is 7.60. The summed E-state index contributed by atoms with van der Waals surface area (Å²) >= 11 is 11.3. The van der Waals surface area contributed by atoms with Crippen LogP contribution in [-0.4, -0.2) is 16.3 Å². The van der Waals surface area contributed by atoms with Gasteiger partial charge in [0.05, 0.1) is 14.9 Å². The molecule has 23 heavy (non-hydrogen) atoms. The van der Waals surface area contributed by atoms with E-state index in [1.807, 2.05) is 22.9 Å². The van der Waals surface area contributed by atoms with Crippen LogP contribution in [0.2, 0.25) is 4.34 Å².